The zero-order chi connectivity index (χ0) is 15.6. The molecular weight excluding hydrogens is 308 g/mol. The van der Waals surface area contributed by atoms with Gasteiger partial charge < -0.3 is 4.74 Å². The summed E-state index contributed by atoms with van der Waals surface area (Å²) >= 11 is 1.66. The normalized spacial score (nSPS) is 11.0. The molecule has 5 nitrogen and oxygen atoms in total. The summed E-state index contributed by atoms with van der Waals surface area (Å²) in [4.78, 5) is 8.85. The summed E-state index contributed by atoms with van der Waals surface area (Å²) in [6.45, 7) is 0. The lowest BCUT2D eigenvalue weighted by atomic mass is 10.1. The van der Waals surface area contributed by atoms with E-state index in [9.17, 15) is 0 Å². The highest BCUT2D eigenvalue weighted by Crippen LogP contribution is 2.22. The van der Waals surface area contributed by atoms with Crippen LogP contribution in [-0.4, -0.2) is 26.7 Å². The van der Waals surface area contributed by atoms with E-state index < -0.39 is 0 Å². The predicted molar refractivity (Wildman–Crippen MR) is 89.9 cm³/mol. The third-order valence-electron chi connectivity index (χ3n) is 3.62. The van der Waals surface area contributed by atoms with Crippen LogP contribution in [0.15, 0.2) is 53.4 Å². The highest BCUT2D eigenvalue weighted by molar-refractivity contribution is 7.08. The van der Waals surface area contributed by atoms with Crippen LogP contribution in [0.3, 0.4) is 0 Å². The van der Waals surface area contributed by atoms with Crippen molar-refractivity contribution in [3.63, 3.8) is 0 Å². The molecule has 0 saturated heterocycles. The molecule has 6 heteroatoms. The molecule has 1 aromatic carbocycles. The molecule has 3 heterocycles. The van der Waals surface area contributed by atoms with E-state index in [4.69, 9.17) is 4.74 Å². The van der Waals surface area contributed by atoms with E-state index in [0.29, 0.717) is 12.2 Å². The van der Waals surface area contributed by atoms with Crippen molar-refractivity contribution in [2.24, 2.45) is 0 Å². The Labute approximate surface area is 137 Å². The number of benzene rings is 1. The van der Waals surface area contributed by atoms with Crippen molar-refractivity contribution in [3.05, 3.63) is 64.7 Å². The second-order valence-corrected chi connectivity index (χ2v) is 5.89. The number of aromatic nitrogens is 4. The van der Waals surface area contributed by atoms with Crippen molar-refractivity contribution in [3.8, 4) is 17.0 Å². The van der Waals surface area contributed by atoms with Gasteiger partial charge in [0, 0.05) is 23.6 Å². The van der Waals surface area contributed by atoms with Gasteiger partial charge in [-0.05, 0) is 35.2 Å². The van der Waals surface area contributed by atoms with Crippen LogP contribution in [0.2, 0.25) is 0 Å². The van der Waals surface area contributed by atoms with Crippen LogP contribution in [0.4, 0.5) is 0 Å². The molecule has 4 aromatic rings. The molecule has 0 saturated carbocycles. The van der Waals surface area contributed by atoms with Gasteiger partial charge >= 0.3 is 0 Å². The van der Waals surface area contributed by atoms with Crippen LogP contribution in [0.1, 0.15) is 11.4 Å². The van der Waals surface area contributed by atoms with E-state index in [1.807, 2.05) is 30.3 Å². The second-order valence-electron chi connectivity index (χ2n) is 5.11. The minimum absolute atomic E-state index is 0.622. The quantitative estimate of drug-likeness (QED) is 0.577. The molecule has 0 atom stereocenters. The van der Waals surface area contributed by atoms with Crippen molar-refractivity contribution in [2.75, 3.05) is 7.11 Å². The third kappa shape index (κ3) is 2.68. The topological polar surface area (TPSA) is 52.3 Å². The van der Waals surface area contributed by atoms with Crippen LogP contribution in [0.5, 0.6) is 5.75 Å². The van der Waals surface area contributed by atoms with Gasteiger partial charge in [0.15, 0.2) is 5.82 Å². The number of fused-ring (bicyclic) bond motifs is 1. The molecule has 0 aliphatic carbocycles. The van der Waals surface area contributed by atoms with Gasteiger partial charge in [-0.2, -0.15) is 20.8 Å². The Morgan fingerprint density at radius 3 is 2.74 bits per heavy atom. The molecule has 0 aliphatic heterocycles. The highest BCUT2D eigenvalue weighted by atomic mass is 32.1. The van der Waals surface area contributed by atoms with Crippen LogP contribution >= 0.6 is 11.3 Å². The Kier molecular flexibility index (Phi) is 3.51. The van der Waals surface area contributed by atoms with E-state index in [0.717, 1.165) is 28.4 Å². The summed E-state index contributed by atoms with van der Waals surface area (Å²) in [5, 5.41) is 8.77. The average molecular weight is 322 g/mol. The maximum Gasteiger partial charge on any atom is 0.252 e. The standard InChI is InChI=1S/C17H14N4OS/c1-22-14-4-2-12(3-5-14)10-16-19-17-18-8-6-15(21(17)20-16)13-7-9-23-11-13/h2-9,11H,10H2,1H3. The molecule has 0 N–H and O–H groups in total. The van der Waals surface area contributed by atoms with E-state index in [2.05, 4.69) is 31.9 Å². The average Bonchev–Trinajstić information content (AvgIpc) is 3.24. The number of nitrogens with zero attached hydrogens (tertiary/aromatic N) is 4. The first-order valence-electron chi connectivity index (χ1n) is 7.19. The SMILES string of the molecule is COc1ccc(Cc2nc3nccc(-c4ccsc4)n3n2)cc1. The van der Waals surface area contributed by atoms with Crippen LogP contribution < -0.4 is 4.74 Å². The maximum atomic E-state index is 5.18. The number of methoxy groups -OCH3 is 1. The number of hydrogen-bond acceptors (Lipinski definition) is 5. The Morgan fingerprint density at radius 2 is 2.00 bits per heavy atom. The van der Waals surface area contributed by atoms with Crippen molar-refractivity contribution >= 4 is 17.1 Å². The molecule has 0 bridgehead atoms. The predicted octanol–water partition coefficient (Wildman–Crippen LogP) is 3.45. The number of thiophene rings is 1. The minimum atomic E-state index is 0.622. The lowest BCUT2D eigenvalue weighted by molar-refractivity contribution is 0.414. The summed E-state index contributed by atoms with van der Waals surface area (Å²) in [5.74, 6) is 2.22. The van der Waals surface area contributed by atoms with Gasteiger partial charge in [-0.15, -0.1) is 5.10 Å². The second kappa shape index (κ2) is 5.81. The van der Waals surface area contributed by atoms with Gasteiger partial charge in [-0.3, -0.25) is 0 Å². The summed E-state index contributed by atoms with van der Waals surface area (Å²) < 4.78 is 6.99. The summed E-state index contributed by atoms with van der Waals surface area (Å²) in [6.07, 6.45) is 2.44. The maximum absolute atomic E-state index is 5.18. The monoisotopic (exact) mass is 322 g/mol. The van der Waals surface area contributed by atoms with Gasteiger partial charge in [-0.25, -0.2) is 4.98 Å². The van der Waals surface area contributed by atoms with Crippen molar-refractivity contribution < 1.29 is 4.74 Å². The molecule has 0 spiro atoms. The fourth-order valence-electron chi connectivity index (χ4n) is 2.47. The van der Waals surface area contributed by atoms with E-state index in [-0.39, 0.29) is 0 Å². The van der Waals surface area contributed by atoms with Crippen LogP contribution in [0, 0.1) is 0 Å². The molecule has 23 heavy (non-hydrogen) atoms. The van der Waals surface area contributed by atoms with E-state index in [1.54, 1.807) is 29.2 Å². The third-order valence-corrected chi connectivity index (χ3v) is 4.31. The molecule has 4 rings (SSSR count). The summed E-state index contributed by atoms with van der Waals surface area (Å²) in [7, 11) is 1.66. The van der Waals surface area contributed by atoms with Crippen molar-refractivity contribution in [1.29, 1.82) is 0 Å². The first-order chi connectivity index (χ1) is 11.3. The Hall–Kier alpha value is -2.73. The highest BCUT2D eigenvalue weighted by Gasteiger charge is 2.10. The Balaban J connectivity index is 1.70. The first-order valence-corrected chi connectivity index (χ1v) is 8.14. The molecule has 0 aliphatic rings. The molecule has 0 unspecified atom stereocenters. The molecule has 0 fully saturated rings. The zero-order valence-corrected chi connectivity index (χ0v) is 13.3. The largest absolute Gasteiger partial charge is 0.497 e. The van der Waals surface area contributed by atoms with E-state index >= 15 is 0 Å². The lowest BCUT2D eigenvalue weighted by Crippen LogP contribution is -1.96. The molecular formula is C17H14N4OS. The van der Waals surface area contributed by atoms with Crippen molar-refractivity contribution in [2.45, 2.75) is 6.42 Å². The number of hydrogen-bond donors (Lipinski definition) is 0. The lowest BCUT2D eigenvalue weighted by Gasteiger charge is -2.01. The summed E-state index contributed by atoms with van der Waals surface area (Å²) in [5.41, 5.74) is 3.27. The number of rotatable bonds is 4. The fraction of sp³-hybridized carbons (Fsp3) is 0.118. The number of ether oxygens (including phenoxy) is 1. The van der Waals surface area contributed by atoms with Crippen molar-refractivity contribution in [1.82, 2.24) is 19.6 Å². The molecule has 3 aromatic heterocycles. The van der Waals surface area contributed by atoms with Gasteiger partial charge in [0.05, 0.1) is 12.8 Å². The zero-order valence-electron chi connectivity index (χ0n) is 12.5. The van der Waals surface area contributed by atoms with Gasteiger partial charge in [0.1, 0.15) is 5.75 Å². The molecule has 0 amide bonds. The fourth-order valence-corrected chi connectivity index (χ4v) is 3.11. The van der Waals surface area contributed by atoms with Gasteiger partial charge in [0.2, 0.25) is 0 Å². The Morgan fingerprint density at radius 1 is 1.13 bits per heavy atom. The van der Waals surface area contributed by atoms with E-state index in [1.165, 1.54) is 0 Å². The van der Waals surface area contributed by atoms with Gasteiger partial charge in [-0.1, -0.05) is 12.1 Å². The van der Waals surface area contributed by atoms with Crippen LogP contribution in [-0.2, 0) is 6.42 Å². The first kappa shape index (κ1) is 13.9. The minimum Gasteiger partial charge on any atom is -0.497 e. The Bertz CT molecular complexity index is 929. The van der Waals surface area contributed by atoms with Gasteiger partial charge in [0.25, 0.3) is 5.78 Å². The van der Waals surface area contributed by atoms with Crippen LogP contribution in [0.25, 0.3) is 17.0 Å². The summed E-state index contributed by atoms with van der Waals surface area (Å²) in [6, 6.07) is 12.0. The molecule has 114 valence electrons. The molecule has 0 radical (unpaired) electrons. The smallest absolute Gasteiger partial charge is 0.252 e.